The maximum atomic E-state index is 12.2. The summed E-state index contributed by atoms with van der Waals surface area (Å²) < 4.78 is 5.84. The Morgan fingerprint density at radius 3 is 2.79 bits per heavy atom. The minimum Gasteiger partial charge on any atom is -0.416 e. The highest BCUT2D eigenvalue weighted by atomic mass is 32.2. The summed E-state index contributed by atoms with van der Waals surface area (Å²) in [6.07, 6.45) is 6.36. The molecule has 2 aromatic heterocycles. The summed E-state index contributed by atoms with van der Waals surface area (Å²) in [5.41, 5.74) is 2.89. The molecule has 29 heavy (non-hydrogen) atoms. The molecule has 2 heterocycles. The quantitative estimate of drug-likeness (QED) is 0.511. The summed E-state index contributed by atoms with van der Waals surface area (Å²) in [5, 5.41) is 14.7. The Balaban J connectivity index is 1.26. The van der Waals surface area contributed by atoms with Crippen molar-refractivity contribution in [2.45, 2.75) is 62.3 Å². The van der Waals surface area contributed by atoms with Crippen LogP contribution in [0.2, 0.25) is 0 Å². The van der Waals surface area contributed by atoms with Crippen LogP contribution in [-0.2, 0) is 17.0 Å². The average molecular weight is 429 g/mol. The summed E-state index contributed by atoms with van der Waals surface area (Å²) in [6.45, 7) is 2.02. The zero-order valence-electron chi connectivity index (χ0n) is 16.4. The molecule has 0 atom stereocenters. The van der Waals surface area contributed by atoms with Gasteiger partial charge in [-0.25, -0.2) is 4.98 Å². The van der Waals surface area contributed by atoms with Crippen molar-refractivity contribution in [3.63, 3.8) is 0 Å². The molecule has 8 heteroatoms. The monoisotopic (exact) mass is 428 g/mol. The van der Waals surface area contributed by atoms with Crippen LogP contribution < -0.4 is 5.32 Å². The van der Waals surface area contributed by atoms with Gasteiger partial charge in [-0.2, -0.15) is 0 Å². The van der Waals surface area contributed by atoms with Crippen molar-refractivity contribution in [3.05, 3.63) is 51.8 Å². The lowest BCUT2D eigenvalue weighted by atomic mass is 9.89. The molecule has 1 aromatic carbocycles. The van der Waals surface area contributed by atoms with Gasteiger partial charge in [0.25, 0.3) is 5.22 Å². The lowest BCUT2D eigenvalue weighted by molar-refractivity contribution is -0.115. The topological polar surface area (TPSA) is 80.9 Å². The van der Waals surface area contributed by atoms with E-state index in [1.54, 1.807) is 0 Å². The number of anilines is 1. The second-order valence-electron chi connectivity index (χ2n) is 7.35. The number of carbonyl (C=O) groups excluding carboxylic acids is 1. The van der Waals surface area contributed by atoms with E-state index in [2.05, 4.69) is 20.5 Å². The number of nitrogens with zero attached hydrogens (tertiary/aromatic N) is 3. The normalized spacial score (nSPS) is 14.8. The van der Waals surface area contributed by atoms with Crippen LogP contribution in [-0.4, -0.2) is 21.1 Å². The minimum absolute atomic E-state index is 0.0589. The van der Waals surface area contributed by atoms with Gasteiger partial charge in [-0.15, -0.1) is 21.5 Å². The standard InChI is InChI=1S/C21H24N4O2S2/c1-14-7-9-16(10-8-14)22-18(26)11-19-23-17(12-28-19)13-29-21-25-24-20(27-21)15-5-3-2-4-6-15/h7-10,12,15H,2-6,11,13H2,1H3,(H,22,26). The lowest BCUT2D eigenvalue weighted by Crippen LogP contribution is -2.14. The Morgan fingerprint density at radius 1 is 1.21 bits per heavy atom. The number of aromatic nitrogens is 3. The number of carbonyl (C=O) groups is 1. The first-order valence-electron chi connectivity index (χ1n) is 9.92. The number of thioether (sulfide) groups is 1. The highest BCUT2D eigenvalue weighted by Gasteiger charge is 2.21. The molecule has 0 aliphatic heterocycles. The van der Waals surface area contributed by atoms with Gasteiger partial charge in [-0.1, -0.05) is 48.7 Å². The van der Waals surface area contributed by atoms with Gasteiger partial charge in [0.15, 0.2) is 0 Å². The van der Waals surface area contributed by atoms with Gasteiger partial charge in [0.05, 0.1) is 12.1 Å². The fourth-order valence-corrected chi connectivity index (χ4v) is 4.96. The molecule has 0 bridgehead atoms. The van der Waals surface area contributed by atoms with Gasteiger partial charge in [0.1, 0.15) is 5.01 Å². The largest absolute Gasteiger partial charge is 0.416 e. The van der Waals surface area contributed by atoms with E-state index in [9.17, 15) is 4.79 Å². The van der Waals surface area contributed by atoms with E-state index in [1.165, 1.54) is 42.4 Å². The van der Waals surface area contributed by atoms with Gasteiger partial charge >= 0.3 is 0 Å². The molecule has 1 fully saturated rings. The maximum absolute atomic E-state index is 12.2. The first-order chi connectivity index (χ1) is 14.2. The number of amides is 1. The van der Waals surface area contributed by atoms with Crippen molar-refractivity contribution in [3.8, 4) is 0 Å². The van der Waals surface area contributed by atoms with Gasteiger partial charge in [0.2, 0.25) is 11.8 Å². The van der Waals surface area contributed by atoms with Gasteiger partial charge in [-0.05, 0) is 31.9 Å². The van der Waals surface area contributed by atoms with Crippen LogP contribution in [0, 0.1) is 6.92 Å². The van der Waals surface area contributed by atoms with E-state index in [-0.39, 0.29) is 12.3 Å². The second-order valence-corrected chi connectivity index (χ2v) is 9.22. The fourth-order valence-electron chi connectivity index (χ4n) is 3.40. The second kappa shape index (κ2) is 9.54. The Kier molecular flexibility index (Phi) is 6.61. The maximum Gasteiger partial charge on any atom is 0.276 e. The molecule has 0 saturated heterocycles. The van der Waals surface area contributed by atoms with Gasteiger partial charge in [0, 0.05) is 22.7 Å². The Bertz CT molecular complexity index is 946. The first kappa shape index (κ1) is 20.1. The highest BCUT2D eigenvalue weighted by Crippen LogP contribution is 2.33. The Labute approximate surface area is 178 Å². The summed E-state index contributed by atoms with van der Waals surface area (Å²) in [5.74, 6) is 1.79. The molecule has 3 aromatic rings. The molecule has 0 spiro atoms. The van der Waals surface area contributed by atoms with Crippen LogP contribution in [0.15, 0.2) is 39.3 Å². The predicted molar refractivity (Wildman–Crippen MR) is 115 cm³/mol. The van der Waals surface area contributed by atoms with Crippen LogP contribution in [0.5, 0.6) is 0 Å². The van der Waals surface area contributed by atoms with Crippen LogP contribution >= 0.6 is 23.1 Å². The molecular weight excluding hydrogens is 404 g/mol. The van der Waals surface area contributed by atoms with E-state index in [0.717, 1.165) is 40.7 Å². The smallest absolute Gasteiger partial charge is 0.276 e. The van der Waals surface area contributed by atoms with Crippen LogP contribution in [0.25, 0.3) is 0 Å². The third-order valence-corrected chi connectivity index (χ3v) is 6.72. The number of thiazole rings is 1. The van der Waals surface area contributed by atoms with Crippen molar-refractivity contribution in [1.29, 1.82) is 0 Å². The third kappa shape index (κ3) is 5.67. The van der Waals surface area contributed by atoms with Gasteiger partial charge in [-0.3, -0.25) is 4.79 Å². The third-order valence-electron chi connectivity index (χ3n) is 4.97. The average Bonchev–Trinajstić information content (AvgIpc) is 3.38. The van der Waals surface area contributed by atoms with Crippen LogP contribution in [0.4, 0.5) is 5.69 Å². The Morgan fingerprint density at radius 2 is 2.00 bits per heavy atom. The summed E-state index contributed by atoms with van der Waals surface area (Å²) in [7, 11) is 0. The lowest BCUT2D eigenvalue weighted by Gasteiger charge is -2.17. The summed E-state index contributed by atoms with van der Waals surface area (Å²) in [4.78, 5) is 16.8. The SMILES string of the molecule is Cc1ccc(NC(=O)Cc2nc(CSc3nnc(C4CCCCC4)o3)cs2)cc1. The zero-order valence-corrected chi connectivity index (χ0v) is 18.0. The van der Waals surface area contributed by atoms with E-state index < -0.39 is 0 Å². The van der Waals surface area contributed by atoms with E-state index >= 15 is 0 Å². The molecule has 1 saturated carbocycles. The number of aryl methyl sites for hydroxylation is 1. The molecule has 1 aliphatic carbocycles. The fraction of sp³-hybridized carbons (Fsp3) is 0.429. The van der Waals surface area contributed by atoms with Crippen LogP contribution in [0.1, 0.15) is 60.2 Å². The van der Waals surface area contributed by atoms with Crippen molar-refractivity contribution >= 4 is 34.7 Å². The molecular formula is C21H24N4O2S2. The first-order valence-corrected chi connectivity index (χ1v) is 11.8. The van der Waals surface area contributed by atoms with E-state index in [1.807, 2.05) is 36.6 Å². The molecule has 1 amide bonds. The number of hydrogen-bond acceptors (Lipinski definition) is 7. The van der Waals surface area contributed by atoms with Gasteiger partial charge < -0.3 is 9.73 Å². The van der Waals surface area contributed by atoms with Crippen LogP contribution in [0.3, 0.4) is 0 Å². The highest BCUT2D eigenvalue weighted by molar-refractivity contribution is 7.98. The molecule has 4 rings (SSSR count). The molecule has 1 N–H and O–H groups in total. The van der Waals surface area contributed by atoms with E-state index in [0.29, 0.717) is 16.9 Å². The summed E-state index contributed by atoms with van der Waals surface area (Å²) >= 11 is 3.00. The van der Waals surface area contributed by atoms with Crippen molar-refractivity contribution in [2.75, 3.05) is 5.32 Å². The molecule has 0 unspecified atom stereocenters. The van der Waals surface area contributed by atoms with Crippen molar-refractivity contribution in [1.82, 2.24) is 15.2 Å². The molecule has 6 nitrogen and oxygen atoms in total. The van der Waals surface area contributed by atoms with Crippen molar-refractivity contribution < 1.29 is 9.21 Å². The molecule has 152 valence electrons. The number of rotatable bonds is 7. The zero-order chi connectivity index (χ0) is 20.1. The molecule has 0 radical (unpaired) electrons. The van der Waals surface area contributed by atoms with Crippen molar-refractivity contribution in [2.24, 2.45) is 0 Å². The minimum atomic E-state index is -0.0589. The summed E-state index contributed by atoms with van der Waals surface area (Å²) in [6, 6.07) is 7.77. The number of hydrogen-bond donors (Lipinski definition) is 1. The predicted octanol–water partition coefficient (Wildman–Crippen LogP) is 5.36. The molecule has 1 aliphatic rings. The number of nitrogens with one attached hydrogen (secondary N) is 1. The Hall–Kier alpha value is -2.19. The number of benzene rings is 1. The van der Waals surface area contributed by atoms with E-state index in [4.69, 9.17) is 4.42 Å².